The van der Waals surface area contributed by atoms with Gasteiger partial charge in [-0.2, -0.15) is 0 Å². The predicted octanol–water partition coefficient (Wildman–Crippen LogP) is 5.71. The summed E-state index contributed by atoms with van der Waals surface area (Å²) in [6.45, 7) is 15.9. The van der Waals surface area contributed by atoms with E-state index < -0.39 is 0 Å². The minimum atomic E-state index is -0.240. The van der Waals surface area contributed by atoms with E-state index in [0.29, 0.717) is 5.56 Å². The van der Waals surface area contributed by atoms with Gasteiger partial charge >= 0.3 is 0 Å². The second-order valence-electron chi connectivity index (χ2n) is 9.81. The number of nitrogens with one attached hydrogen (secondary N) is 1. The van der Waals surface area contributed by atoms with Crippen molar-refractivity contribution in [2.75, 3.05) is 26.2 Å². The molecule has 4 rings (SSSR count). The number of carbonyl (C=O) groups is 2. The van der Waals surface area contributed by atoms with Crippen LogP contribution in [0.1, 0.15) is 73.2 Å². The van der Waals surface area contributed by atoms with E-state index in [9.17, 15) is 14.0 Å². The Balaban J connectivity index is 0.000000288. The highest BCUT2D eigenvalue weighted by Gasteiger charge is 2.22. The molecule has 6 heteroatoms. The second kappa shape index (κ2) is 17.1. The molecule has 0 radical (unpaired) electrons. The Kier molecular flexibility index (Phi) is 14.0. The standard InChI is InChI=1S/C20H22FNO.C13H17NO2.C2H6/c1-2-15-11-13-22(14-12-15)20(23)18-5-3-16(4-6-18)17-7-9-19(21)10-8-17;1-4-11-9(2)5-6-12(10(11)3)13(16)14-7-8-15;1-2/h3-10,15H,2,11-14H2,1H3;4-6,15H,2,7-8H2,1,3H3,(H,14,16);1-2H3/b;11-4+;. The summed E-state index contributed by atoms with van der Waals surface area (Å²) in [6.07, 6.45) is 5.36. The summed E-state index contributed by atoms with van der Waals surface area (Å²) in [5.41, 5.74) is 4.23. The van der Waals surface area contributed by atoms with E-state index in [1.807, 2.05) is 69.0 Å². The van der Waals surface area contributed by atoms with Crippen molar-refractivity contribution >= 4 is 24.5 Å². The zero-order valence-corrected chi connectivity index (χ0v) is 25.2. The third-order valence-electron chi connectivity index (χ3n) is 7.32. The number of halogens is 1. The highest BCUT2D eigenvalue weighted by molar-refractivity contribution is 5.96. The lowest BCUT2D eigenvalue weighted by Crippen LogP contribution is -2.38. The number of carbonyl (C=O) groups excluding carboxylic acids is 2. The molecule has 1 fully saturated rings. The smallest absolute Gasteiger partial charge is 0.253 e. The Morgan fingerprint density at radius 2 is 1.56 bits per heavy atom. The number of aliphatic hydroxyl groups excluding tert-OH is 1. The molecule has 0 aliphatic carbocycles. The van der Waals surface area contributed by atoms with Crippen LogP contribution in [-0.4, -0.2) is 48.1 Å². The SMILES string of the molecule is C=c1ccc(C(=O)NCCO)c(C)/c1=C/C.CC.CCC1CCN(C(=O)c2ccc(-c3ccc(F)cc3)cc2)CC1. The zero-order valence-electron chi connectivity index (χ0n) is 25.2. The van der Waals surface area contributed by atoms with Crippen molar-refractivity contribution < 1.29 is 19.1 Å². The quantitative estimate of drug-likeness (QED) is 0.406. The average Bonchev–Trinajstić information content (AvgIpc) is 3.01. The topological polar surface area (TPSA) is 69.6 Å². The van der Waals surface area contributed by atoms with Crippen LogP contribution in [0.2, 0.25) is 0 Å². The summed E-state index contributed by atoms with van der Waals surface area (Å²) in [4.78, 5) is 26.3. The van der Waals surface area contributed by atoms with Gasteiger partial charge in [0.15, 0.2) is 0 Å². The van der Waals surface area contributed by atoms with Crippen molar-refractivity contribution in [3.8, 4) is 11.1 Å². The summed E-state index contributed by atoms with van der Waals surface area (Å²) >= 11 is 0. The first-order valence-electron chi connectivity index (χ1n) is 14.6. The van der Waals surface area contributed by atoms with Crippen molar-refractivity contribution in [3.05, 3.63) is 93.6 Å². The van der Waals surface area contributed by atoms with Gasteiger partial charge in [0.05, 0.1) is 6.61 Å². The largest absolute Gasteiger partial charge is 0.395 e. The fourth-order valence-electron chi connectivity index (χ4n) is 4.87. The average molecular weight is 561 g/mol. The van der Waals surface area contributed by atoms with Crippen LogP contribution in [0.15, 0.2) is 60.7 Å². The van der Waals surface area contributed by atoms with Crippen LogP contribution >= 0.6 is 0 Å². The molecule has 0 atom stereocenters. The number of hydrogen-bond donors (Lipinski definition) is 2. The summed E-state index contributed by atoms with van der Waals surface area (Å²) in [5.74, 6) is 0.482. The number of rotatable bonds is 6. The molecule has 1 aliphatic heterocycles. The number of amides is 2. The zero-order chi connectivity index (χ0) is 30.4. The van der Waals surface area contributed by atoms with Gasteiger partial charge in [0.1, 0.15) is 5.82 Å². The van der Waals surface area contributed by atoms with Gasteiger partial charge in [0, 0.05) is 30.8 Å². The fraction of sp³-hybridized carbons (Fsp3) is 0.371. The molecule has 2 amide bonds. The molecule has 220 valence electrons. The minimum absolute atomic E-state index is 0.0506. The lowest BCUT2D eigenvalue weighted by atomic mass is 9.94. The first-order valence-corrected chi connectivity index (χ1v) is 14.6. The molecule has 1 saturated heterocycles. The van der Waals surface area contributed by atoms with E-state index >= 15 is 0 Å². The van der Waals surface area contributed by atoms with Crippen LogP contribution in [0.3, 0.4) is 0 Å². The molecule has 1 heterocycles. The lowest BCUT2D eigenvalue weighted by Gasteiger charge is -2.31. The maximum atomic E-state index is 13.0. The van der Waals surface area contributed by atoms with Crippen molar-refractivity contribution in [3.63, 3.8) is 0 Å². The fourth-order valence-corrected chi connectivity index (χ4v) is 4.87. The first kappa shape index (κ1) is 33.4. The summed E-state index contributed by atoms with van der Waals surface area (Å²) < 4.78 is 13.0. The normalized spacial score (nSPS) is 13.4. The molecule has 0 aromatic heterocycles. The molecule has 41 heavy (non-hydrogen) atoms. The van der Waals surface area contributed by atoms with E-state index in [1.54, 1.807) is 18.2 Å². The Morgan fingerprint density at radius 1 is 1.00 bits per heavy atom. The van der Waals surface area contributed by atoms with Crippen LogP contribution in [0.5, 0.6) is 0 Å². The molecule has 1 aliphatic rings. The number of likely N-dealkylation sites (tertiary alicyclic amines) is 1. The molecule has 3 aromatic carbocycles. The third-order valence-corrected chi connectivity index (χ3v) is 7.32. The lowest BCUT2D eigenvalue weighted by molar-refractivity contribution is 0.0688. The third kappa shape index (κ3) is 9.39. The van der Waals surface area contributed by atoms with Crippen molar-refractivity contribution in [1.29, 1.82) is 0 Å². The maximum absolute atomic E-state index is 13.0. The molecule has 2 N–H and O–H groups in total. The minimum Gasteiger partial charge on any atom is -0.395 e. The van der Waals surface area contributed by atoms with Crippen LogP contribution in [0.25, 0.3) is 23.8 Å². The first-order chi connectivity index (χ1) is 19.8. The second-order valence-corrected chi connectivity index (χ2v) is 9.81. The van der Waals surface area contributed by atoms with E-state index in [4.69, 9.17) is 5.11 Å². The van der Waals surface area contributed by atoms with E-state index in [-0.39, 0.29) is 30.8 Å². The van der Waals surface area contributed by atoms with E-state index in [0.717, 1.165) is 64.5 Å². The number of benzene rings is 3. The van der Waals surface area contributed by atoms with Gasteiger partial charge in [-0.05, 0) is 90.1 Å². The van der Waals surface area contributed by atoms with Crippen molar-refractivity contribution in [2.24, 2.45) is 5.92 Å². The van der Waals surface area contributed by atoms with Gasteiger partial charge in [-0.1, -0.05) is 70.2 Å². The highest BCUT2D eigenvalue weighted by Crippen LogP contribution is 2.23. The van der Waals surface area contributed by atoms with Crippen LogP contribution < -0.4 is 15.8 Å². The summed E-state index contributed by atoms with van der Waals surface area (Å²) in [7, 11) is 0. The molecule has 0 spiro atoms. The number of piperidine rings is 1. The van der Waals surface area contributed by atoms with E-state index in [2.05, 4.69) is 18.8 Å². The summed E-state index contributed by atoms with van der Waals surface area (Å²) in [6, 6.07) is 17.6. The number of aliphatic hydroxyl groups is 1. The van der Waals surface area contributed by atoms with Crippen LogP contribution in [0.4, 0.5) is 4.39 Å². The monoisotopic (exact) mass is 560 g/mol. The van der Waals surface area contributed by atoms with Crippen LogP contribution in [-0.2, 0) is 0 Å². The molecule has 0 unspecified atom stereocenters. The molecule has 0 bridgehead atoms. The Morgan fingerprint density at radius 3 is 2.07 bits per heavy atom. The maximum Gasteiger partial charge on any atom is 0.253 e. The van der Waals surface area contributed by atoms with Crippen molar-refractivity contribution in [1.82, 2.24) is 10.2 Å². The Labute approximate surface area is 244 Å². The van der Waals surface area contributed by atoms with Gasteiger partial charge < -0.3 is 15.3 Å². The number of hydrogen-bond acceptors (Lipinski definition) is 3. The molecular formula is C35H45FN2O3. The summed E-state index contributed by atoms with van der Waals surface area (Å²) in [5, 5.41) is 13.2. The molecule has 0 saturated carbocycles. The predicted molar refractivity (Wildman–Crippen MR) is 168 cm³/mol. The highest BCUT2D eigenvalue weighted by atomic mass is 19.1. The Bertz CT molecular complexity index is 1360. The van der Waals surface area contributed by atoms with Gasteiger partial charge in [-0.3, -0.25) is 9.59 Å². The van der Waals surface area contributed by atoms with Gasteiger partial charge in [0.2, 0.25) is 0 Å². The van der Waals surface area contributed by atoms with Gasteiger partial charge in [-0.25, -0.2) is 4.39 Å². The Hall–Kier alpha value is -3.77. The molecule has 5 nitrogen and oxygen atoms in total. The molecular weight excluding hydrogens is 515 g/mol. The van der Waals surface area contributed by atoms with Gasteiger partial charge in [-0.15, -0.1) is 0 Å². The number of nitrogens with zero attached hydrogens (tertiary/aromatic N) is 1. The van der Waals surface area contributed by atoms with E-state index in [1.165, 1.54) is 18.6 Å². The van der Waals surface area contributed by atoms with Crippen LogP contribution in [0, 0.1) is 18.7 Å². The molecule has 3 aromatic rings. The van der Waals surface area contributed by atoms with Crippen molar-refractivity contribution in [2.45, 2.75) is 53.9 Å². The van der Waals surface area contributed by atoms with Gasteiger partial charge in [0.25, 0.3) is 11.8 Å².